The van der Waals surface area contributed by atoms with Gasteiger partial charge in [0.25, 0.3) is 0 Å². The van der Waals surface area contributed by atoms with Crippen LogP contribution < -0.4 is 5.48 Å². The van der Waals surface area contributed by atoms with Crippen LogP contribution in [0.15, 0.2) is 24.3 Å². The Morgan fingerprint density at radius 1 is 1.20 bits per heavy atom. The van der Waals surface area contributed by atoms with Gasteiger partial charge in [0.05, 0.1) is 5.60 Å². The molecule has 0 aliphatic heterocycles. The van der Waals surface area contributed by atoms with E-state index in [-0.39, 0.29) is 5.60 Å². The van der Waals surface area contributed by atoms with Gasteiger partial charge in [0.15, 0.2) is 0 Å². The maximum absolute atomic E-state index is 8.54. The SMILES string of the molecule is COC(C)(C)Cc1ccc(CNO)cc1. The Bertz CT molecular complexity index is 293. The van der Waals surface area contributed by atoms with Gasteiger partial charge in [-0.2, -0.15) is 0 Å². The number of ether oxygens (including phenoxy) is 1. The van der Waals surface area contributed by atoms with Crippen LogP contribution in [0.5, 0.6) is 0 Å². The van der Waals surface area contributed by atoms with Crippen molar-refractivity contribution in [2.75, 3.05) is 7.11 Å². The van der Waals surface area contributed by atoms with Gasteiger partial charge in [-0.05, 0) is 25.0 Å². The molecule has 0 unspecified atom stereocenters. The molecule has 84 valence electrons. The second-order valence-corrected chi connectivity index (χ2v) is 4.29. The molecule has 1 aromatic rings. The van der Waals surface area contributed by atoms with E-state index in [2.05, 4.69) is 31.5 Å². The highest BCUT2D eigenvalue weighted by Gasteiger charge is 2.16. The summed E-state index contributed by atoms with van der Waals surface area (Å²) in [6.45, 7) is 4.61. The van der Waals surface area contributed by atoms with Crippen molar-refractivity contribution in [1.29, 1.82) is 0 Å². The second-order valence-electron chi connectivity index (χ2n) is 4.29. The highest BCUT2D eigenvalue weighted by Crippen LogP contribution is 2.16. The molecule has 0 saturated heterocycles. The molecule has 0 saturated carbocycles. The molecule has 0 aromatic heterocycles. The molecule has 0 atom stereocenters. The van der Waals surface area contributed by atoms with Gasteiger partial charge in [0.1, 0.15) is 0 Å². The molecule has 0 aliphatic carbocycles. The molecule has 1 rings (SSSR count). The maximum atomic E-state index is 8.54. The van der Waals surface area contributed by atoms with Gasteiger partial charge >= 0.3 is 0 Å². The van der Waals surface area contributed by atoms with E-state index in [0.29, 0.717) is 6.54 Å². The van der Waals surface area contributed by atoms with Crippen LogP contribution in [0.25, 0.3) is 0 Å². The minimum atomic E-state index is -0.128. The van der Waals surface area contributed by atoms with Crippen molar-refractivity contribution >= 4 is 0 Å². The third-order valence-electron chi connectivity index (χ3n) is 2.49. The van der Waals surface area contributed by atoms with E-state index in [1.54, 1.807) is 7.11 Å². The number of hydroxylamine groups is 1. The maximum Gasteiger partial charge on any atom is 0.0662 e. The van der Waals surface area contributed by atoms with Crippen LogP contribution in [-0.4, -0.2) is 17.9 Å². The first-order valence-electron chi connectivity index (χ1n) is 5.07. The smallest absolute Gasteiger partial charge is 0.0662 e. The number of hydrogen-bond acceptors (Lipinski definition) is 3. The number of nitrogens with one attached hydrogen (secondary N) is 1. The van der Waals surface area contributed by atoms with E-state index in [1.165, 1.54) is 5.56 Å². The van der Waals surface area contributed by atoms with Crippen LogP contribution in [-0.2, 0) is 17.7 Å². The van der Waals surface area contributed by atoms with Crippen LogP contribution in [0, 0.1) is 0 Å². The Kier molecular flexibility index (Phi) is 4.27. The summed E-state index contributed by atoms with van der Waals surface area (Å²) in [5.74, 6) is 0. The summed E-state index contributed by atoms with van der Waals surface area (Å²) in [5.41, 5.74) is 4.32. The zero-order valence-corrected chi connectivity index (χ0v) is 9.58. The van der Waals surface area contributed by atoms with E-state index in [1.807, 2.05) is 12.1 Å². The minimum absolute atomic E-state index is 0.128. The fourth-order valence-electron chi connectivity index (χ4n) is 1.43. The van der Waals surface area contributed by atoms with Crippen molar-refractivity contribution in [3.63, 3.8) is 0 Å². The first kappa shape index (κ1) is 12.2. The molecule has 0 radical (unpaired) electrons. The second kappa shape index (κ2) is 5.26. The molecule has 0 bridgehead atoms. The van der Waals surface area contributed by atoms with E-state index in [4.69, 9.17) is 9.94 Å². The summed E-state index contributed by atoms with van der Waals surface area (Å²) in [6.07, 6.45) is 0.885. The molecule has 0 heterocycles. The first-order chi connectivity index (χ1) is 7.07. The van der Waals surface area contributed by atoms with E-state index in [9.17, 15) is 0 Å². The van der Waals surface area contributed by atoms with Gasteiger partial charge in [0, 0.05) is 20.1 Å². The lowest BCUT2D eigenvalue weighted by Crippen LogP contribution is -2.25. The zero-order valence-electron chi connectivity index (χ0n) is 9.58. The Labute approximate surface area is 91.0 Å². The average Bonchev–Trinajstić information content (AvgIpc) is 2.21. The normalized spacial score (nSPS) is 11.7. The van der Waals surface area contributed by atoms with Gasteiger partial charge < -0.3 is 9.94 Å². The molecule has 1 aromatic carbocycles. The molecular formula is C12H19NO2. The van der Waals surface area contributed by atoms with E-state index >= 15 is 0 Å². The highest BCUT2D eigenvalue weighted by molar-refractivity contribution is 5.23. The topological polar surface area (TPSA) is 41.5 Å². The summed E-state index contributed by atoms with van der Waals surface area (Å²) in [7, 11) is 1.73. The average molecular weight is 209 g/mol. The Balaban J connectivity index is 2.64. The van der Waals surface area contributed by atoms with Gasteiger partial charge in [-0.15, -0.1) is 0 Å². The number of hydrogen-bond donors (Lipinski definition) is 2. The lowest BCUT2D eigenvalue weighted by atomic mass is 9.97. The Hall–Kier alpha value is -0.900. The summed E-state index contributed by atoms with van der Waals surface area (Å²) in [5, 5.41) is 8.54. The fraction of sp³-hybridized carbons (Fsp3) is 0.500. The molecule has 0 fully saturated rings. The van der Waals surface area contributed by atoms with Crippen molar-refractivity contribution < 1.29 is 9.94 Å². The molecule has 3 heteroatoms. The lowest BCUT2D eigenvalue weighted by Gasteiger charge is -2.22. The van der Waals surface area contributed by atoms with Crippen molar-refractivity contribution in [1.82, 2.24) is 5.48 Å². The van der Waals surface area contributed by atoms with Gasteiger partial charge in [-0.1, -0.05) is 24.3 Å². The van der Waals surface area contributed by atoms with Gasteiger partial charge in [-0.25, -0.2) is 5.48 Å². The van der Waals surface area contributed by atoms with Crippen molar-refractivity contribution in [2.45, 2.75) is 32.4 Å². The van der Waals surface area contributed by atoms with Crippen molar-refractivity contribution in [3.05, 3.63) is 35.4 Å². The number of methoxy groups -OCH3 is 1. The summed E-state index contributed by atoms with van der Waals surface area (Å²) < 4.78 is 5.37. The van der Waals surface area contributed by atoms with Crippen molar-refractivity contribution in [2.24, 2.45) is 0 Å². The van der Waals surface area contributed by atoms with Crippen LogP contribution in [0.2, 0.25) is 0 Å². The predicted molar refractivity (Wildman–Crippen MR) is 59.9 cm³/mol. The van der Waals surface area contributed by atoms with Crippen LogP contribution in [0.3, 0.4) is 0 Å². The Morgan fingerprint density at radius 2 is 1.73 bits per heavy atom. The molecule has 0 aliphatic rings. The predicted octanol–water partition coefficient (Wildman–Crippen LogP) is 2.13. The first-order valence-corrected chi connectivity index (χ1v) is 5.07. The summed E-state index contributed by atoms with van der Waals surface area (Å²) >= 11 is 0. The fourth-order valence-corrected chi connectivity index (χ4v) is 1.43. The standard InChI is InChI=1S/C12H19NO2/c1-12(2,15-3)8-10-4-6-11(7-5-10)9-13-14/h4-7,13-14H,8-9H2,1-3H3. The summed E-state index contributed by atoms with van der Waals surface area (Å²) in [4.78, 5) is 0. The third-order valence-corrected chi connectivity index (χ3v) is 2.49. The molecule has 0 amide bonds. The van der Waals surface area contributed by atoms with E-state index in [0.717, 1.165) is 12.0 Å². The third kappa shape index (κ3) is 4.00. The molecule has 3 nitrogen and oxygen atoms in total. The summed E-state index contributed by atoms with van der Waals surface area (Å²) in [6, 6.07) is 8.13. The highest BCUT2D eigenvalue weighted by atomic mass is 16.5. The van der Waals surface area contributed by atoms with Crippen LogP contribution in [0.1, 0.15) is 25.0 Å². The van der Waals surface area contributed by atoms with E-state index < -0.39 is 0 Å². The largest absolute Gasteiger partial charge is 0.378 e. The van der Waals surface area contributed by atoms with Gasteiger partial charge in [0.2, 0.25) is 0 Å². The number of rotatable bonds is 5. The monoisotopic (exact) mass is 209 g/mol. The quantitative estimate of drug-likeness (QED) is 0.730. The molecule has 15 heavy (non-hydrogen) atoms. The lowest BCUT2D eigenvalue weighted by molar-refractivity contribution is 0.0232. The van der Waals surface area contributed by atoms with Gasteiger partial charge in [-0.3, -0.25) is 0 Å². The zero-order chi connectivity index (χ0) is 11.3. The minimum Gasteiger partial charge on any atom is -0.378 e. The van der Waals surface area contributed by atoms with Crippen molar-refractivity contribution in [3.8, 4) is 0 Å². The Morgan fingerprint density at radius 3 is 2.20 bits per heavy atom. The number of benzene rings is 1. The molecule has 2 N–H and O–H groups in total. The molecular weight excluding hydrogens is 190 g/mol. The van der Waals surface area contributed by atoms with Crippen LogP contribution in [0.4, 0.5) is 0 Å². The molecule has 0 spiro atoms. The van der Waals surface area contributed by atoms with Crippen LogP contribution >= 0.6 is 0 Å².